The van der Waals surface area contributed by atoms with Gasteiger partial charge in [0.15, 0.2) is 11.5 Å². The summed E-state index contributed by atoms with van der Waals surface area (Å²) in [4.78, 5) is 22.6. The van der Waals surface area contributed by atoms with Crippen LogP contribution in [0, 0.1) is 21.4 Å². The smallest absolute Gasteiger partial charge is 0.274 e. The van der Waals surface area contributed by atoms with Gasteiger partial charge in [-0.15, -0.1) is 0 Å². The lowest BCUT2D eigenvalue weighted by Gasteiger charge is -2.08. The molecule has 0 heterocycles. The maximum atomic E-state index is 12.3. The van der Waals surface area contributed by atoms with E-state index in [2.05, 4.69) is 5.32 Å². The highest BCUT2D eigenvalue weighted by molar-refractivity contribution is 6.02. The predicted octanol–water partition coefficient (Wildman–Crippen LogP) is 2.54. The highest BCUT2D eigenvalue weighted by Crippen LogP contribution is 2.35. The van der Waals surface area contributed by atoms with Crippen molar-refractivity contribution in [2.24, 2.45) is 0 Å². The van der Waals surface area contributed by atoms with Crippen molar-refractivity contribution in [3.8, 4) is 23.3 Å². The van der Waals surface area contributed by atoms with Gasteiger partial charge in [-0.1, -0.05) is 12.1 Å². The van der Waals surface area contributed by atoms with Crippen molar-refractivity contribution in [3.63, 3.8) is 0 Å². The first-order valence-electron chi connectivity index (χ1n) is 7.98. The highest BCUT2D eigenvalue weighted by atomic mass is 16.6. The number of hydrogen-bond donors (Lipinski definition) is 2. The van der Waals surface area contributed by atoms with Crippen molar-refractivity contribution in [1.82, 2.24) is 5.32 Å². The molecule has 1 amide bonds. The summed E-state index contributed by atoms with van der Waals surface area (Å²) in [6.07, 6.45) is 1.06. The number of nitro groups is 1. The molecule has 0 aliphatic rings. The van der Waals surface area contributed by atoms with Gasteiger partial charge in [-0.05, 0) is 23.8 Å². The standard InChI is InChI=1S/C19H17N3O6/c1-27-16-5-3-12(4-6-16)11-21-19(24)14(10-20)7-13-8-15(22(25)26)9-17(28-2)18(13)23/h3-9,23H,11H2,1-2H3,(H,21,24)/b14-7-. The Bertz CT molecular complexity index is 961. The van der Waals surface area contributed by atoms with E-state index in [1.54, 1.807) is 37.4 Å². The fraction of sp³-hybridized carbons (Fsp3) is 0.158. The lowest BCUT2D eigenvalue weighted by molar-refractivity contribution is -0.385. The first-order chi connectivity index (χ1) is 13.4. The average Bonchev–Trinajstić information content (AvgIpc) is 2.71. The number of non-ortho nitro benzene ring substituents is 1. The summed E-state index contributed by atoms with van der Waals surface area (Å²) in [5, 5.41) is 33.0. The minimum absolute atomic E-state index is 0.0813. The summed E-state index contributed by atoms with van der Waals surface area (Å²) >= 11 is 0. The lowest BCUT2D eigenvalue weighted by atomic mass is 10.1. The molecule has 0 bridgehead atoms. The molecule has 0 aliphatic heterocycles. The number of ether oxygens (including phenoxy) is 2. The van der Waals surface area contributed by atoms with Crippen LogP contribution in [0.15, 0.2) is 42.0 Å². The molecule has 0 unspecified atom stereocenters. The third kappa shape index (κ3) is 4.76. The molecule has 9 heteroatoms. The van der Waals surface area contributed by atoms with E-state index in [9.17, 15) is 25.3 Å². The quantitative estimate of drug-likeness (QED) is 0.325. The molecule has 0 atom stereocenters. The molecule has 2 N–H and O–H groups in total. The predicted molar refractivity (Wildman–Crippen MR) is 99.7 cm³/mol. The molecule has 0 fully saturated rings. The van der Waals surface area contributed by atoms with Crippen LogP contribution in [-0.2, 0) is 11.3 Å². The molecule has 0 aromatic heterocycles. The highest BCUT2D eigenvalue weighted by Gasteiger charge is 2.18. The Labute approximate surface area is 160 Å². The van der Waals surface area contributed by atoms with Crippen LogP contribution in [0.1, 0.15) is 11.1 Å². The number of nitrogens with one attached hydrogen (secondary N) is 1. The fourth-order valence-corrected chi connectivity index (χ4v) is 2.31. The second kappa shape index (κ2) is 9.05. The van der Waals surface area contributed by atoms with Gasteiger partial charge in [0.05, 0.1) is 25.2 Å². The summed E-state index contributed by atoms with van der Waals surface area (Å²) in [5.41, 5.74) is 0.0247. The maximum absolute atomic E-state index is 12.3. The molecular formula is C19H17N3O6. The number of nitro benzene ring substituents is 1. The van der Waals surface area contributed by atoms with Gasteiger partial charge >= 0.3 is 0 Å². The topological polar surface area (TPSA) is 135 Å². The second-order valence-corrected chi connectivity index (χ2v) is 5.54. The van der Waals surface area contributed by atoms with Crippen molar-refractivity contribution < 1.29 is 24.3 Å². The SMILES string of the molecule is COc1ccc(CNC(=O)/C(C#N)=C\c2cc([N+](=O)[O-])cc(OC)c2O)cc1. The van der Waals surface area contributed by atoms with E-state index in [4.69, 9.17) is 9.47 Å². The minimum atomic E-state index is -0.691. The van der Waals surface area contributed by atoms with Crippen LogP contribution in [0.5, 0.6) is 17.2 Å². The van der Waals surface area contributed by atoms with E-state index in [0.717, 1.165) is 23.8 Å². The number of phenols is 1. The number of carbonyl (C=O) groups excluding carboxylic acids is 1. The Morgan fingerprint density at radius 3 is 2.50 bits per heavy atom. The van der Waals surface area contributed by atoms with E-state index >= 15 is 0 Å². The molecule has 2 rings (SSSR count). The van der Waals surface area contributed by atoms with E-state index in [0.29, 0.717) is 5.75 Å². The summed E-state index contributed by atoms with van der Waals surface area (Å²) in [6, 6.07) is 10.8. The monoisotopic (exact) mass is 383 g/mol. The van der Waals surface area contributed by atoms with Crippen LogP contribution in [0.4, 0.5) is 5.69 Å². The summed E-state index contributed by atoms with van der Waals surface area (Å²) in [7, 11) is 2.78. The minimum Gasteiger partial charge on any atom is -0.504 e. The van der Waals surface area contributed by atoms with E-state index < -0.39 is 16.6 Å². The van der Waals surface area contributed by atoms with Gasteiger partial charge in [-0.2, -0.15) is 5.26 Å². The number of carbonyl (C=O) groups is 1. The zero-order valence-electron chi connectivity index (χ0n) is 15.1. The van der Waals surface area contributed by atoms with E-state index in [1.165, 1.54) is 7.11 Å². The van der Waals surface area contributed by atoms with Crippen LogP contribution < -0.4 is 14.8 Å². The third-order valence-corrected chi connectivity index (χ3v) is 3.80. The lowest BCUT2D eigenvalue weighted by Crippen LogP contribution is -2.23. The Morgan fingerprint density at radius 2 is 1.96 bits per heavy atom. The number of phenolic OH excluding ortho intramolecular Hbond substituents is 1. The zero-order valence-corrected chi connectivity index (χ0v) is 15.1. The molecule has 0 radical (unpaired) electrons. The molecule has 144 valence electrons. The average molecular weight is 383 g/mol. The number of aromatic hydroxyl groups is 1. The van der Waals surface area contributed by atoms with Crippen LogP contribution in [0.2, 0.25) is 0 Å². The van der Waals surface area contributed by atoms with Crippen LogP contribution in [-0.4, -0.2) is 30.2 Å². The van der Waals surface area contributed by atoms with E-state index in [1.807, 2.05) is 0 Å². The number of nitrogens with zero attached hydrogens (tertiary/aromatic N) is 2. The normalized spacial score (nSPS) is 10.7. The van der Waals surface area contributed by atoms with Crippen LogP contribution in [0.25, 0.3) is 6.08 Å². The second-order valence-electron chi connectivity index (χ2n) is 5.54. The first-order valence-corrected chi connectivity index (χ1v) is 7.98. The van der Waals surface area contributed by atoms with Crippen LogP contribution in [0.3, 0.4) is 0 Å². The molecule has 28 heavy (non-hydrogen) atoms. The Balaban J connectivity index is 2.24. The number of benzene rings is 2. The largest absolute Gasteiger partial charge is 0.504 e. The molecule has 0 aliphatic carbocycles. The van der Waals surface area contributed by atoms with Crippen LogP contribution >= 0.6 is 0 Å². The van der Waals surface area contributed by atoms with Gasteiger partial charge in [-0.3, -0.25) is 14.9 Å². The Kier molecular flexibility index (Phi) is 6.54. The van der Waals surface area contributed by atoms with Gasteiger partial charge in [0.2, 0.25) is 0 Å². The number of amides is 1. The summed E-state index contributed by atoms with van der Waals surface area (Å²) in [5.74, 6) is -0.578. The molecule has 0 saturated heterocycles. The Morgan fingerprint density at radius 1 is 1.29 bits per heavy atom. The van der Waals surface area contributed by atoms with Gasteiger partial charge in [0.25, 0.3) is 11.6 Å². The van der Waals surface area contributed by atoms with Crippen molar-refractivity contribution >= 4 is 17.7 Å². The summed E-state index contributed by atoms with van der Waals surface area (Å²) in [6.45, 7) is 0.159. The summed E-state index contributed by atoms with van der Waals surface area (Å²) < 4.78 is 9.95. The number of rotatable bonds is 7. The molecule has 9 nitrogen and oxygen atoms in total. The van der Waals surface area contributed by atoms with Gasteiger partial charge in [0.1, 0.15) is 17.4 Å². The Hall–Kier alpha value is -4.06. The number of nitriles is 1. The molecule has 2 aromatic rings. The third-order valence-electron chi connectivity index (χ3n) is 3.80. The number of methoxy groups -OCH3 is 2. The molecule has 0 saturated carbocycles. The number of hydrogen-bond acceptors (Lipinski definition) is 7. The van der Waals surface area contributed by atoms with Crippen molar-refractivity contribution in [1.29, 1.82) is 5.26 Å². The van der Waals surface area contributed by atoms with E-state index in [-0.39, 0.29) is 29.1 Å². The van der Waals surface area contributed by atoms with Gasteiger partial charge in [0, 0.05) is 18.2 Å². The first kappa shape index (κ1) is 20.3. The van der Waals surface area contributed by atoms with Crippen molar-refractivity contribution in [3.05, 3.63) is 63.2 Å². The maximum Gasteiger partial charge on any atom is 0.274 e. The molecule has 2 aromatic carbocycles. The molecule has 0 spiro atoms. The van der Waals surface area contributed by atoms with Crippen molar-refractivity contribution in [2.75, 3.05) is 14.2 Å². The van der Waals surface area contributed by atoms with Gasteiger partial charge in [-0.25, -0.2) is 0 Å². The molecular weight excluding hydrogens is 366 g/mol. The fourth-order valence-electron chi connectivity index (χ4n) is 2.31. The van der Waals surface area contributed by atoms with Gasteiger partial charge < -0.3 is 19.9 Å². The zero-order chi connectivity index (χ0) is 20.7. The van der Waals surface area contributed by atoms with Crippen molar-refractivity contribution in [2.45, 2.75) is 6.54 Å².